The fraction of sp³-hybridized carbons (Fsp3) is 0.0625. The van der Waals surface area contributed by atoms with Gasteiger partial charge >= 0.3 is 0 Å². The normalized spacial score (nSPS) is 10.6. The van der Waals surface area contributed by atoms with Crippen molar-refractivity contribution in [3.63, 3.8) is 0 Å². The van der Waals surface area contributed by atoms with E-state index >= 15 is 0 Å². The molecular formula is C16H11BrClNO2S. The molecule has 0 unspecified atom stereocenters. The van der Waals surface area contributed by atoms with Crippen molar-refractivity contribution in [3.05, 3.63) is 68.7 Å². The highest BCUT2D eigenvalue weighted by Crippen LogP contribution is 2.26. The molecule has 0 bridgehead atoms. The molecule has 1 amide bonds. The molecule has 0 saturated heterocycles. The third-order valence-corrected chi connectivity index (χ3v) is 4.73. The molecule has 0 aliphatic heterocycles. The third kappa shape index (κ3) is 3.43. The molecule has 2 aromatic heterocycles. The zero-order chi connectivity index (χ0) is 15.5. The largest absolute Gasteiger partial charge is 0.458 e. The molecule has 22 heavy (non-hydrogen) atoms. The van der Waals surface area contributed by atoms with Gasteiger partial charge in [-0.3, -0.25) is 4.79 Å². The third-order valence-electron chi connectivity index (χ3n) is 3.02. The van der Waals surface area contributed by atoms with Crippen LogP contribution in [0.4, 0.5) is 0 Å². The second-order valence-electron chi connectivity index (χ2n) is 4.55. The van der Waals surface area contributed by atoms with Crippen LogP contribution in [0.5, 0.6) is 0 Å². The van der Waals surface area contributed by atoms with Crippen LogP contribution in [-0.4, -0.2) is 5.91 Å². The minimum atomic E-state index is -0.236. The van der Waals surface area contributed by atoms with Crippen molar-refractivity contribution in [1.82, 2.24) is 5.32 Å². The lowest BCUT2D eigenvalue weighted by molar-refractivity contribution is 0.0948. The number of nitrogens with one attached hydrogen (secondary N) is 1. The van der Waals surface area contributed by atoms with Crippen molar-refractivity contribution in [1.29, 1.82) is 0 Å². The zero-order valence-electron chi connectivity index (χ0n) is 11.3. The average Bonchev–Trinajstić information content (AvgIpc) is 3.17. The van der Waals surface area contributed by atoms with Crippen LogP contribution in [-0.2, 0) is 6.54 Å². The molecule has 3 rings (SSSR count). The lowest BCUT2D eigenvalue weighted by Crippen LogP contribution is -2.22. The van der Waals surface area contributed by atoms with Crippen molar-refractivity contribution in [2.75, 3.05) is 0 Å². The highest BCUT2D eigenvalue weighted by molar-refractivity contribution is 9.10. The molecule has 112 valence electrons. The molecule has 6 heteroatoms. The predicted molar refractivity (Wildman–Crippen MR) is 92.3 cm³/mol. The summed E-state index contributed by atoms with van der Waals surface area (Å²) < 4.78 is 6.53. The minimum Gasteiger partial charge on any atom is -0.458 e. The number of carbonyl (C=O) groups excluding carboxylic acids is 1. The van der Waals surface area contributed by atoms with Gasteiger partial charge in [0.1, 0.15) is 11.5 Å². The molecule has 1 N–H and O–H groups in total. The standard InChI is InChI=1S/C16H11BrClNO2S/c17-10-3-5-13(18)12(8-10)16(20)19-9-11-4-6-14(21-11)15-2-1-7-22-15/h1-8H,9H2,(H,19,20). The van der Waals surface area contributed by atoms with Crippen LogP contribution in [0.1, 0.15) is 16.1 Å². The van der Waals surface area contributed by atoms with Gasteiger partial charge in [0, 0.05) is 4.47 Å². The summed E-state index contributed by atoms with van der Waals surface area (Å²) in [5.41, 5.74) is 0.432. The fourth-order valence-electron chi connectivity index (χ4n) is 1.96. The number of rotatable bonds is 4. The maximum absolute atomic E-state index is 12.2. The van der Waals surface area contributed by atoms with Gasteiger partial charge in [0.25, 0.3) is 5.91 Å². The Morgan fingerprint density at radius 3 is 2.91 bits per heavy atom. The van der Waals surface area contributed by atoms with E-state index in [9.17, 15) is 4.79 Å². The molecule has 0 fully saturated rings. The zero-order valence-corrected chi connectivity index (χ0v) is 14.5. The van der Waals surface area contributed by atoms with E-state index in [1.807, 2.05) is 29.6 Å². The molecule has 0 saturated carbocycles. The number of hydrogen-bond donors (Lipinski definition) is 1. The van der Waals surface area contributed by atoms with Crippen molar-refractivity contribution >= 4 is 44.8 Å². The second kappa shape index (κ2) is 6.69. The topological polar surface area (TPSA) is 42.2 Å². The summed E-state index contributed by atoms with van der Waals surface area (Å²) in [6.45, 7) is 0.313. The fourth-order valence-corrected chi connectivity index (χ4v) is 3.21. The average molecular weight is 397 g/mol. The van der Waals surface area contributed by atoms with E-state index in [2.05, 4.69) is 21.2 Å². The van der Waals surface area contributed by atoms with Crippen LogP contribution in [0, 0.1) is 0 Å². The highest BCUT2D eigenvalue weighted by Gasteiger charge is 2.12. The molecule has 0 aliphatic carbocycles. The van der Waals surface area contributed by atoms with Gasteiger partial charge in [-0.25, -0.2) is 0 Å². The van der Waals surface area contributed by atoms with E-state index in [1.54, 1.807) is 29.5 Å². The van der Waals surface area contributed by atoms with Gasteiger partial charge in [-0.2, -0.15) is 0 Å². The van der Waals surface area contributed by atoms with Crippen LogP contribution < -0.4 is 5.32 Å². The highest BCUT2D eigenvalue weighted by atomic mass is 79.9. The van der Waals surface area contributed by atoms with Gasteiger partial charge in [-0.1, -0.05) is 33.6 Å². The molecule has 1 aromatic carbocycles. The Bertz CT molecular complexity index is 798. The molecule has 0 radical (unpaired) electrons. The van der Waals surface area contributed by atoms with Crippen LogP contribution in [0.2, 0.25) is 5.02 Å². The predicted octanol–water partition coefficient (Wildman–Crippen LogP) is 5.35. The summed E-state index contributed by atoms with van der Waals surface area (Å²) in [6.07, 6.45) is 0. The molecule has 0 aliphatic rings. The molecular weight excluding hydrogens is 386 g/mol. The van der Waals surface area contributed by atoms with E-state index in [-0.39, 0.29) is 5.91 Å². The van der Waals surface area contributed by atoms with Gasteiger partial charge in [-0.05, 0) is 41.8 Å². The first-order valence-corrected chi connectivity index (χ1v) is 8.54. The number of thiophene rings is 1. The van der Waals surface area contributed by atoms with E-state index in [1.165, 1.54) is 0 Å². The first kappa shape index (κ1) is 15.3. The molecule has 2 heterocycles. The van der Waals surface area contributed by atoms with Gasteiger partial charge < -0.3 is 9.73 Å². The van der Waals surface area contributed by atoms with E-state index in [0.29, 0.717) is 22.9 Å². The van der Waals surface area contributed by atoms with Crippen molar-refractivity contribution in [2.24, 2.45) is 0 Å². The van der Waals surface area contributed by atoms with Crippen LogP contribution in [0.3, 0.4) is 0 Å². The molecule has 0 spiro atoms. The summed E-state index contributed by atoms with van der Waals surface area (Å²) >= 11 is 11.0. The Balaban J connectivity index is 1.67. The number of carbonyl (C=O) groups is 1. The van der Waals surface area contributed by atoms with Crippen molar-refractivity contribution < 1.29 is 9.21 Å². The first-order valence-electron chi connectivity index (χ1n) is 6.49. The van der Waals surface area contributed by atoms with Crippen LogP contribution >= 0.6 is 38.9 Å². The SMILES string of the molecule is O=C(NCc1ccc(-c2cccs2)o1)c1cc(Br)ccc1Cl. The lowest BCUT2D eigenvalue weighted by atomic mass is 10.2. The maximum Gasteiger partial charge on any atom is 0.253 e. The Morgan fingerprint density at radius 1 is 1.27 bits per heavy atom. The van der Waals surface area contributed by atoms with Crippen LogP contribution in [0.15, 0.2) is 56.7 Å². The lowest BCUT2D eigenvalue weighted by Gasteiger charge is -2.06. The van der Waals surface area contributed by atoms with Gasteiger partial charge in [0.2, 0.25) is 0 Å². The first-order chi connectivity index (χ1) is 10.6. The van der Waals surface area contributed by atoms with E-state index < -0.39 is 0 Å². The number of amides is 1. The van der Waals surface area contributed by atoms with Crippen molar-refractivity contribution in [2.45, 2.75) is 6.54 Å². The number of halogens is 2. The van der Waals surface area contributed by atoms with Gasteiger partial charge in [0.15, 0.2) is 0 Å². The summed E-state index contributed by atoms with van der Waals surface area (Å²) in [5, 5.41) is 5.22. The van der Waals surface area contributed by atoms with Crippen LogP contribution in [0.25, 0.3) is 10.6 Å². The monoisotopic (exact) mass is 395 g/mol. The van der Waals surface area contributed by atoms with E-state index in [4.69, 9.17) is 16.0 Å². The van der Waals surface area contributed by atoms with Crippen molar-refractivity contribution in [3.8, 4) is 10.6 Å². The summed E-state index contributed by atoms with van der Waals surface area (Å²) in [6, 6.07) is 12.9. The second-order valence-corrected chi connectivity index (χ2v) is 6.82. The molecule has 3 aromatic rings. The summed E-state index contributed by atoms with van der Waals surface area (Å²) in [5.74, 6) is 1.27. The Kier molecular flexibility index (Phi) is 4.66. The molecule has 3 nitrogen and oxygen atoms in total. The minimum absolute atomic E-state index is 0.236. The number of hydrogen-bond acceptors (Lipinski definition) is 3. The van der Waals surface area contributed by atoms with Gasteiger partial charge in [-0.15, -0.1) is 11.3 Å². The Morgan fingerprint density at radius 2 is 2.14 bits per heavy atom. The Hall–Kier alpha value is -1.56. The van der Waals surface area contributed by atoms with E-state index in [0.717, 1.165) is 15.1 Å². The summed E-state index contributed by atoms with van der Waals surface area (Å²) in [4.78, 5) is 13.2. The molecule has 0 atom stereocenters. The summed E-state index contributed by atoms with van der Waals surface area (Å²) in [7, 11) is 0. The maximum atomic E-state index is 12.2. The number of benzene rings is 1. The smallest absolute Gasteiger partial charge is 0.253 e. The Labute approximate surface area is 145 Å². The number of furan rings is 1. The quantitative estimate of drug-likeness (QED) is 0.645. The van der Waals surface area contributed by atoms with Gasteiger partial charge in [0.05, 0.1) is 22.0 Å².